The number of para-hydroxylation sites is 4. The van der Waals surface area contributed by atoms with E-state index in [9.17, 15) is 18.4 Å². The number of hydrogen-bond donors (Lipinski definition) is 1. The van der Waals surface area contributed by atoms with Gasteiger partial charge < -0.3 is 19.7 Å². The number of halogens is 2. The highest BCUT2D eigenvalue weighted by Gasteiger charge is 2.23. The van der Waals surface area contributed by atoms with Crippen LogP contribution in [0.2, 0.25) is 0 Å². The molecule has 0 aromatic heterocycles. The fourth-order valence-corrected chi connectivity index (χ4v) is 4.49. The molecule has 0 radical (unpaired) electrons. The smallest absolute Gasteiger partial charge is 0.387 e. The van der Waals surface area contributed by atoms with E-state index in [4.69, 9.17) is 4.74 Å². The van der Waals surface area contributed by atoms with Crippen LogP contribution in [-0.4, -0.2) is 31.6 Å². The fourth-order valence-electron chi connectivity index (χ4n) is 3.40. The highest BCUT2D eigenvalue weighted by molar-refractivity contribution is 7.99. The van der Waals surface area contributed by atoms with E-state index < -0.39 is 25.1 Å². The molecule has 0 unspecified atom stereocenters. The summed E-state index contributed by atoms with van der Waals surface area (Å²) in [5, 5.41) is 2.42. The van der Waals surface area contributed by atoms with Crippen LogP contribution in [0.3, 0.4) is 0 Å². The number of nitrogens with zero attached hydrogens (tertiary/aromatic N) is 1. The maximum absolute atomic E-state index is 12.5. The second-order valence-electron chi connectivity index (χ2n) is 7.02. The zero-order chi connectivity index (χ0) is 23.2. The molecule has 3 aromatic rings. The molecule has 33 heavy (non-hydrogen) atoms. The maximum Gasteiger partial charge on any atom is 0.387 e. The third kappa shape index (κ3) is 5.61. The van der Waals surface area contributed by atoms with Gasteiger partial charge in [-0.2, -0.15) is 8.78 Å². The highest BCUT2D eigenvalue weighted by atomic mass is 32.2. The number of benzene rings is 3. The number of rotatable bonds is 8. The highest BCUT2D eigenvalue weighted by Crippen LogP contribution is 2.47. The standard InChI is InChI=1S/C24H20F2N2O4S/c25-24(26)32-19-10-4-1-7-16(19)27-22(29)15-31-23(30)13-14-28-17-8-2-5-11-20(17)33-21-12-6-3-9-18(21)28/h1-12,24H,13-15H2,(H,27,29). The first kappa shape index (κ1) is 22.6. The first-order chi connectivity index (χ1) is 16.0. The summed E-state index contributed by atoms with van der Waals surface area (Å²) < 4.78 is 34.5. The Morgan fingerprint density at radius 2 is 1.52 bits per heavy atom. The minimum atomic E-state index is -3.02. The molecule has 0 saturated carbocycles. The summed E-state index contributed by atoms with van der Waals surface area (Å²) in [6.45, 7) is -3.19. The maximum atomic E-state index is 12.5. The van der Waals surface area contributed by atoms with E-state index in [0.29, 0.717) is 6.54 Å². The number of carbonyl (C=O) groups excluding carboxylic acids is 2. The first-order valence-corrected chi connectivity index (χ1v) is 11.0. The van der Waals surface area contributed by atoms with Crippen LogP contribution in [0.25, 0.3) is 0 Å². The largest absolute Gasteiger partial charge is 0.456 e. The van der Waals surface area contributed by atoms with Crippen molar-refractivity contribution in [3.05, 3.63) is 72.8 Å². The molecule has 1 aliphatic rings. The van der Waals surface area contributed by atoms with Crippen molar-refractivity contribution in [3.8, 4) is 5.75 Å². The van der Waals surface area contributed by atoms with Crippen molar-refractivity contribution in [3.63, 3.8) is 0 Å². The van der Waals surface area contributed by atoms with Gasteiger partial charge in [-0.05, 0) is 36.4 Å². The molecule has 0 aliphatic carbocycles. The topological polar surface area (TPSA) is 67.9 Å². The van der Waals surface area contributed by atoms with Gasteiger partial charge in [0.1, 0.15) is 5.75 Å². The molecule has 0 atom stereocenters. The van der Waals surface area contributed by atoms with Crippen LogP contribution in [0.1, 0.15) is 6.42 Å². The van der Waals surface area contributed by atoms with Crippen molar-refractivity contribution >= 4 is 40.7 Å². The molecule has 1 heterocycles. The predicted molar refractivity (Wildman–Crippen MR) is 121 cm³/mol. The molecule has 0 saturated heterocycles. The van der Waals surface area contributed by atoms with Crippen LogP contribution in [0.5, 0.6) is 5.75 Å². The van der Waals surface area contributed by atoms with Gasteiger partial charge in [0.25, 0.3) is 5.91 Å². The number of carbonyl (C=O) groups is 2. The summed E-state index contributed by atoms with van der Waals surface area (Å²) in [5.74, 6) is -1.37. The summed E-state index contributed by atoms with van der Waals surface area (Å²) in [6.07, 6.45) is 0.0612. The molecule has 0 fully saturated rings. The van der Waals surface area contributed by atoms with Gasteiger partial charge in [-0.3, -0.25) is 9.59 Å². The molecule has 4 rings (SSSR count). The molecule has 1 aliphatic heterocycles. The van der Waals surface area contributed by atoms with E-state index in [0.717, 1.165) is 21.2 Å². The third-order valence-corrected chi connectivity index (χ3v) is 5.94. The molecule has 1 amide bonds. The fraction of sp³-hybridized carbons (Fsp3) is 0.167. The van der Waals surface area contributed by atoms with Gasteiger partial charge in [-0.1, -0.05) is 48.2 Å². The van der Waals surface area contributed by atoms with Gasteiger partial charge in [-0.15, -0.1) is 0 Å². The molecular formula is C24H20F2N2O4S. The van der Waals surface area contributed by atoms with E-state index in [1.807, 2.05) is 48.5 Å². The number of hydrogen-bond acceptors (Lipinski definition) is 6. The van der Waals surface area contributed by atoms with Gasteiger partial charge >= 0.3 is 12.6 Å². The normalized spacial score (nSPS) is 12.0. The number of fused-ring (bicyclic) bond motifs is 2. The summed E-state index contributed by atoms with van der Waals surface area (Å²) in [5.41, 5.74) is 2.07. The molecule has 170 valence electrons. The van der Waals surface area contributed by atoms with Crippen molar-refractivity contribution in [2.45, 2.75) is 22.8 Å². The Balaban J connectivity index is 1.33. The van der Waals surface area contributed by atoms with Crippen LogP contribution < -0.4 is 15.0 Å². The Bertz CT molecular complexity index is 1110. The van der Waals surface area contributed by atoms with Crippen LogP contribution in [-0.2, 0) is 14.3 Å². The van der Waals surface area contributed by atoms with Crippen LogP contribution in [0.15, 0.2) is 82.6 Å². The lowest BCUT2D eigenvalue weighted by Crippen LogP contribution is -2.26. The number of nitrogens with one attached hydrogen (secondary N) is 1. The number of amides is 1. The number of ether oxygens (including phenoxy) is 2. The number of esters is 1. The quantitative estimate of drug-likeness (QED) is 0.441. The van der Waals surface area contributed by atoms with Gasteiger partial charge in [0.05, 0.1) is 23.5 Å². The van der Waals surface area contributed by atoms with Crippen molar-refractivity contribution < 1.29 is 27.8 Å². The van der Waals surface area contributed by atoms with Crippen LogP contribution in [0.4, 0.5) is 25.8 Å². The lowest BCUT2D eigenvalue weighted by Gasteiger charge is -2.32. The Morgan fingerprint density at radius 3 is 2.18 bits per heavy atom. The summed E-state index contributed by atoms with van der Waals surface area (Å²) in [6, 6.07) is 21.7. The minimum Gasteiger partial charge on any atom is -0.456 e. The SMILES string of the molecule is O=C(COC(=O)CCN1c2ccccc2Sc2ccccc21)Nc1ccccc1OC(F)F. The van der Waals surface area contributed by atoms with Crippen molar-refractivity contribution in [2.24, 2.45) is 0 Å². The van der Waals surface area contributed by atoms with E-state index in [1.165, 1.54) is 18.2 Å². The predicted octanol–water partition coefficient (Wildman–Crippen LogP) is 5.46. The van der Waals surface area contributed by atoms with E-state index >= 15 is 0 Å². The van der Waals surface area contributed by atoms with Gasteiger partial charge in [-0.25, -0.2) is 0 Å². The molecular weight excluding hydrogens is 450 g/mol. The van der Waals surface area contributed by atoms with E-state index in [1.54, 1.807) is 17.8 Å². The summed E-state index contributed by atoms with van der Waals surface area (Å²) in [4.78, 5) is 28.7. The molecule has 1 N–H and O–H groups in total. The van der Waals surface area contributed by atoms with Gasteiger partial charge in [0.15, 0.2) is 6.61 Å². The molecule has 0 bridgehead atoms. The zero-order valence-corrected chi connectivity index (χ0v) is 18.2. The monoisotopic (exact) mass is 470 g/mol. The average molecular weight is 470 g/mol. The molecule has 6 nitrogen and oxygen atoms in total. The van der Waals surface area contributed by atoms with E-state index in [2.05, 4.69) is 15.0 Å². The average Bonchev–Trinajstić information content (AvgIpc) is 2.81. The molecule has 9 heteroatoms. The third-order valence-electron chi connectivity index (χ3n) is 4.81. The first-order valence-electron chi connectivity index (χ1n) is 10.1. The number of anilines is 3. The van der Waals surface area contributed by atoms with Crippen molar-refractivity contribution in [2.75, 3.05) is 23.4 Å². The van der Waals surface area contributed by atoms with Crippen LogP contribution in [0, 0.1) is 0 Å². The lowest BCUT2D eigenvalue weighted by molar-refractivity contribution is -0.147. The van der Waals surface area contributed by atoms with Crippen LogP contribution >= 0.6 is 11.8 Å². The minimum absolute atomic E-state index is 0.0612. The summed E-state index contributed by atoms with van der Waals surface area (Å²) >= 11 is 1.67. The molecule has 0 spiro atoms. The van der Waals surface area contributed by atoms with Crippen molar-refractivity contribution in [1.82, 2.24) is 0 Å². The Morgan fingerprint density at radius 1 is 0.909 bits per heavy atom. The van der Waals surface area contributed by atoms with Gasteiger partial charge in [0.2, 0.25) is 0 Å². The zero-order valence-electron chi connectivity index (χ0n) is 17.4. The lowest BCUT2D eigenvalue weighted by atomic mass is 10.2. The van der Waals surface area contributed by atoms with Gasteiger partial charge in [0, 0.05) is 16.3 Å². The second kappa shape index (κ2) is 10.4. The van der Waals surface area contributed by atoms with E-state index in [-0.39, 0.29) is 17.9 Å². The molecule has 3 aromatic carbocycles. The summed E-state index contributed by atoms with van der Waals surface area (Å²) in [7, 11) is 0. The Hall–Kier alpha value is -3.59. The Kier molecular flexibility index (Phi) is 7.09. The second-order valence-corrected chi connectivity index (χ2v) is 8.11. The Labute approximate surface area is 193 Å². The van der Waals surface area contributed by atoms with Crippen molar-refractivity contribution in [1.29, 1.82) is 0 Å². The number of alkyl halides is 2.